The van der Waals surface area contributed by atoms with E-state index in [9.17, 15) is 13.2 Å². The van der Waals surface area contributed by atoms with Gasteiger partial charge in [0.25, 0.3) is 0 Å². The number of nitrogens with zero attached hydrogens (tertiary/aromatic N) is 1. The lowest BCUT2D eigenvalue weighted by molar-refractivity contribution is -0.136. The van der Waals surface area contributed by atoms with Crippen LogP contribution in [0.4, 0.5) is 0 Å². The van der Waals surface area contributed by atoms with E-state index in [0.29, 0.717) is 13.0 Å². The summed E-state index contributed by atoms with van der Waals surface area (Å²) in [6, 6.07) is 7.15. The number of methoxy groups -OCH3 is 1. The van der Waals surface area contributed by atoms with E-state index in [2.05, 4.69) is 0 Å². The lowest BCUT2D eigenvalue weighted by atomic mass is 10.1. The number of sulfone groups is 1. The van der Waals surface area contributed by atoms with Crippen LogP contribution in [0.2, 0.25) is 0 Å². The first-order valence-electron chi connectivity index (χ1n) is 9.22. The van der Waals surface area contributed by atoms with Crippen LogP contribution in [0.3, 0.4) is 0 Å². The predicted molar refractivity (Wildman–Crippen MR) is 111 cm³/mol. The summed E-state index contributed by atoms with van der Waals surface area (Å²) in [6.07, 6.45) is 2.18. The Bertz CT molecular complexity index is 876. The van der Waals surface area contributed by atoms with Crippen molar-refractivity contribution in [3.63, 3.8) is 0 Å². The summed E-state index contributed by atoms with van der Waals surface area (Å²) >= 11 is 11.6. The third-order valence-corrected chi connectivity index (χ3v) is 7.93. The highest BCUT2D eigenvalue weighted by molar-refractivity contribution is 7.91. The Morgan fingerprint density at radius 3 is 2.43 bits per heavy atom. The van der Waals surface area contributed by atoms with E-state index in [1.807, 2.05) is 38.1 Å². The Morgan fingerprint density at radius 2 is 1.93 bits per heavy atom. The standard InChI is InChI=1S/C20H25Cl2NO4S/c1-20(2)16(10-17(21)22)18(20)19(24)23(14-8-9-28(25,26)12-14)11-13-4-6-15(27-3)7-5-13/h4-7,10,14,16,18H,8-9,11-12H2,1-3H3/t14-,16-,18-/m1/s1. The molecule has 0 aromatic heterocycles. The number of benzene rings is 1. The van der Waals surface area contributed by atoms with Gasteiger partial charge in [0.15, 0.2) is 9.84 Å². The molecule has 5 nitrogen and oxygen atoms in total. The smallest absolute Gasteiger partial charge is 0.227 e. The molecule has 3 rings (SSSR count). The van der Waals surface area contributed by atoms with Crippen LogP contribution in [-0.4, -0.2) is 43.9 Å². The van der Waals surface area contributed by atoms with Crippen LogP contribution in [0.15, 0.2) is 34.8 Å². The summed E-state index contributed by atoms with van der Waals surface area (Å²) in [5, 5.41) is 0. The van der Waals surface area contributed by atoms with Gasteiger partial charge in [-0.1, -0.05) is 49.2 Å². The van der Waals surface area contributed by atoms with E-state index in [1.54, 1.807) is 18.1 Å². The van der Waals surface area contributed by atoms with Gasteiger partial charge < -0.3 is 9.64 Å². The largest absolute Gasteiger partial charge is 0.497 e. The Kier molecular flexibility index (Phi) is 6.04. The highest BCUT2D eigenvalue weighted by Crippen LogP contribution is 2.60. The van der Waals surface area contributed by atoms with Gasteiger partial charge in [0.05, 0.1) is 24.5 Å². The van der Waals surface area contributed by atoms with Crippen molar-refractivity contribution >= 4 is 38.9 Å². The molecule has 0 spiro atoms. The number of halogens is 2. The average molecular weight is 446 g/mol. The zero-order valence-corrected chi connectivity index (χ0v) is 18.5. The Morgan fingerprint density at radius 1 is 1.29 bits per heavy atom. The summed E-state index contributed by atoms with van der Waals surface area (Å²) in [5.41, 5.74) is 0.668. The molecule has 1 saturated carbocycles. The van der Waals surface area contributed by atoms with Crippen molar-refractivity contribution in [1.29, 1.82) is 0 Å². The minimum Gasteiger partial charge on any atom is -0.497 e. The van der Waals surface area contributed by atoms with Gasteiger partial charge in [-0.15, -0.1) is 0 Å². The van der Waals surface area contributed by atoms with Gasteiger partial charge >= 0.3 is 0 Å². The Labute approximate surface area is 176 Å². The summed E-state index contributed by atoms with van der Waals surface area (Å²) in [4.78, 5) is 15.2. The zero-order chi connectivity index (χ0) is 20.7. The number of ether oxygens (including phenoxy) is 1. The monoisotopic (exact) mass is 445 g/mol. The minimum atomic E-state index is -3.11. The molecule has 2 aliphatic rings. The van der Waals surface area contributed by atoms with E-state index in [0.717, 1.165) is 11.3 Å². The van der Waals surface area contributed by atoms with Crippen LogP contribution in [0.5, 0.6) is 5.75 Å². The number of amides is 1. The van der Waals surface area contributed by atoms with E-state index in [-0.39, 0.29) is 45.2 Å². The molecule has 1 saturated heterocycles. The van der Waals surface area contributed by atoms with E-state index < -0.39 is 9.84 Å². The van der Waals surface area contributed by atoms with Gasteiger partial charge in [-0.05, 0) is 41.5 Å². The van der Waals surface area contributed by atoms with Crippen LogP contribution in [0.25, 0.3) is 0 Å². The van der Waals surface area contributed by atoms with Crippen molar-refractivity contribution in [2.24, 2.45) is 17.3 Å². The molecule has 1 heterocycles. The maximum atomic E-state index is 13.4. The molecule has 28 heavy (non-hydrogen) atoms. The van der Waals surface area contributed by atoms with Crippen molar-refractivity contribution in [2.45, 2.75) is 32.9 Å². The normalized spacial score (nSPS) is 27.1. The first-order valence-corrected chi connectivity index (χ1v) is 11.8. The second kappa shape index (κ2) is 7.88. The van der Waals surface area contributed by atoms with Crippen molar-refractivity contribution in [1.82, 2.24) is 4.90 Å². The van der Waals surface area contributed by atoms with Crippen molar-refractivity contribution in [3.8, 4) is 5.75 Å². The summed E-state index contributed by atoms with van der Waals surface area (Å²) in [7, 11) is -1.52. The molecule has 1 amide bonds. The lowest BCUT2D eigenvalue weighted by Crippen LogP contribution is -2.42. The summed E-state index contributed by atoms with van der Waals surface area (Å²) < 4.78 is 29.4. The zero-order valence-electron chi connectivity index (χ0n) is 16.2. The third-order valence-electron chi connectivity index (χ3n) is 5.93. The second-order valence-electron chi connectivity index (χ2n) is 8.15. The van der Waals surface area contributed by atoms with E-state index in [1.165, 1.54) is 0 Å². The van der Waals surface area contributed by atoms with Gasteiger partial charge in [-0.25, -0.2) is 8.42 Å². The molecule has 154 valence electrons. The molecule has 0 unspecified atom stereocenters. The SMILES string of the molecule is COc1ccc(CN(C(=O)[C@H]2[C@@H](C=C(Cl)Cl)C2(C)C)[C@@H]2CCS(=O)(=O)C2)cc1. The molecule has 3 atom stereocenters. The molecule has 8 heteroatoms. The summed E-state index contributed by atoms with van der Waals surface area (Å²) in [6.45, 7) is 4.37. The molecule has 0 radical (unpaired) electrons. The molecule has 1 aromatic rings. The molecule has 2 fully saturated rings. The molecule has 1 aliphatic carbocycles. The van der Waals surface area contributed by atoms with Crippen molar-refractivity contribution in [2.75, 3.05) is 18.6 Å². The maximum absolute atomic E-state index is 13.4. The lowest BCUT2D eigenvalue weighted by Gasteiger charge is -2.29. The third kappa shape index (κ3) is 4.50. The first-order chi connectivity index (χ1) is 13.0. The number of carbonyl (C=O) groups is 1. The fourth-order valence-corrected chi connectivity index (χ4v) is 6.11. The molecule has 1 aromatic carbocycles. The van der Waals surface area contributed by atoms with E-state index >= 15 is 0 Å². The van der Waals surface area contributed by atoms with Crippen molar-refractivity contribution in [3.05, 3.63) is 40.4 Å². The highest BCUT2D eigenvalue weighted by Gasteiger charge is 2.62. The van der Waals surface area contributed by atoms with Crippen LogP contribution >= 0.6 is 23.2 Å². The predicted octanol–water partition coefficient (Wildman–Crippen LogP) is 3.80. The van der Waals surface area contributed by atoms with Gasteiger partial charge in [0.1, 0.15) is 10.2 Å². The van der Waals surface area contributed by atoms with Gasteiger partial charge in [-0.2, -0.15) is 0 Å². The van der Waals surface area contributed by atoms with Gasteiger partial charge in [-0.3, -0.25) is 4.79 Å². The number of hydrogen-bond donors (Lipinski definition) is 0. The van der Waals surface area contributed by atoms with Crippen LogP contribution in [-0.2, 0) is 21.2 Å². The van der Waals surface area contributed by atoms with Gasteiger partial charge in [0, 0.05) is 12.6 Å². The van der Waals surface area contributed by atoms with Crippen LogP contribution < -0.4 is 4.74 Å². The molecular formula is C20H25Cl2NO4S. The molecular weight excluding hydrogens is 421 g/mol. The number of hydrogen-bond acceptors (Lipinski definition) is 4. The Hall–Kier alpha value is -1.24. The fourth-order valence-electron chi connectivity index (χ4n) is 4.11. The second-order valence-corrected chi connectivity index (χ2v) is 11.4. The van der Waals surface area contributed by atoms with Crippen molar-refractivity contribution < 1.29 is 17.9 Å². The highest BCUT2D eigenvalue weighted by atomic mass is 35.5. The Balaban J connectivity index is 1.86. The molecule has 1 aliphatic heterocycles. The first kappa shape index (κ1) is 21.5. The van der Waals surface area contributed by atoms with Crippen LogP contribution in [0, 0.1) is 17.3 Å². The minimum absolute atomic E-state index is 0.0127. The average Bonchev–Trinajstić information content (AvgIpc) is 2.95. The number of allylic oxidation sites excluding steroid dienone is 1. The van der Waals surface area contributed by atoms with Crippen LogP contribution in [0.1, 0.15) is 25.8 Å². The fraction of sp³-hybridized carbons (Fsp3) is 0.550. The number of carbonyl (C=O) groups excluding carboxylic acids is 1. The number of rotatable bonds is 6. The molecule has 0 N–H and O–H groups in total. The molecule has 0 bridgehead atoms. The topological polar surface area (TPSA) is 63.7 Å². The van der Waals surface area contributed by atoms with Gasteiger partial charge in [0.2, 0.25) is 5.91 Å². The quantitative estimate of drug-likeness (QED) is 0.667. The maximum Gasteiger partial charge on any atom is 0.227 e. The summed E-state index contributed by atoms with van der Waals surface area (Å²) in [5.74, 6) is 0.505. The van der Waals surface area contributed by atoms with E-state index in [4.69, 9.17) is 27.9 Å².